The highest BCUT2D eigenvalue weighted by Crippen LogP contribution is 2.33. The number of pyridine rings is 1. The second-order valence-corrected chi connectivity index (χ2v) is 6.77. The number of carbonyl (C=O) groups is 1. The largest absolute Gasteiger partial charge is 0.504 e. The molecular weight excluding hydrogens is 342 g/mol. The van der Waals surface area contributed by atoms with Crippen molar-refractivity contribution in [2.45, 2.75) is 6.92 Å². The molecule has 2 amide bonds. The van der Waals surface area contributed by atoms with E-state index in [0.29, 0.717) is 12.3 Å². The Kier molecular flexibility index (Phi) is 4.11. The third-order valence-corrected chi connectivity index (χ3v) is 5.00. The van der Waals surface area contributed by atoms with Crippen LogP contribution in [0.5, 0.6) is 11.5 Å². The molecule has 0 saturated carbocycles. The molecule has 4 rings (SSSR count). The molecule has 1 saturated heterocycles. The molecule has 0 aliphatic carbocycles. The maximum atomic E-state index is 12.3. The van der Waals surface area contributed by atoms with Crippen molar-refractivity contribution in [3.05, 3.63) is 48.0 Å². The van der Waals surface area contributed by atoms with Gasteiger partial charge in [0, 0.05) is 36.8 Å². The number of hydrogen-bond acceptors (Lipinski definition) is 4. The number of benzene rings is 2. The van der Waals surface area contributed by atoms with Gasteiger partial charge in [-0.05, 0) is 48.9 Å². The Labute approximate surface area is 157 Å². The van der Waals surface area contributed by atoms with Crippen LogP contribution in [-0.4, -0.2) is 48.3 Å². The number of aromatic nitrogens is 1. The molecule has 138 valence electrons. The van der Waals surface area contributed by atoms with Gasteiger partial charge in [-0.15, -0.1) is 0 Å². The minimum Gasteiger partial charge on any atom is -0.504 e. The molecule has 2 heterocycles. The third kappa shape index (κ3) is 2.93. The van der Waals surface area contributed by atoms with Gasteiger partial charge < -0.3 is 14.7 Å². The van der Waals surface area contributed by atoms with E-state index in [1.165, 1.54) is 7.11 Å². The lowest BCUT2D eigenvalue weighted by atomic mass is 10.0. The summed E-state index contributed by atoms with van der Waals surface area (Å²) in [4.78, 5) is 20.6. The molecule has 0 unspecified atom stereocenters. The average Bonchev–Trinajstić information content (AvgIpc) is 3.00. The molecule has 1 N–H and O–H groups in total. The fraction of sp³-hybridized carbons (Fsp3) is 0.238. The zero-order valence-corrected chi connectivity index (χ0v) is 15.6. The quantitative estimate of drug-likeness (QED) is 0.769. The maximum Gasteiger partial charge on any atom is 0.324 e. The first-order valence-corrected chi connectivity index (χ1v) is 8.79. The van der Waals surface area contributed by atoms with E-state index < -0.39 is 0 Å². The van der Waals surface area contributed by atoms with Crippen molar-refractivity contribution in [1.82, 2.24) is 9.88 Å². The number of phenolic OH excluding ortho intramolecular Hbond substituents is 1. The van der Waals surface area contributed by atoms with E-state index in [1.807, 2.05) is 44.3 Å². The van der Waals surface area contributed by atoms with Crippen LogP contribution in [0.3, 0.4) is 0 Å². The van der Waals surface area contributed by atoms with E-state index in [2.05, 4.69) is 0 Å². The van der Waals surface area contributed by atoms with Crippen molar-refractivity contribution in [2.24, 2.45) is 0 Å². The van der Waals surface area contributed by atoms with Gasteiger partial charge in [0.05, 0.1) is 18.3 Å². The Morgan fingerprint density at radius 3 is 2.63 bits per heavy atom. The predicted octanol–water partition coefficient (Wildman–Crippen LogP) is 3.80. The first-order valence-electron chi connectivity index (χ1n) is 8.79. The van der Waals surface area contributed by atoms with Crippen molar-refractivity contribution in [3.63, 3.8) is 0 Å². The molecule has 6 nitrogen and oxygen atoms in total. The van der Waals surface area contributed by atoms with Crippen LogP contribution in [0.2, 0.25) is 0 Å². The number of urea groups is 1. The number of methoxy groups -OCH3 is 1. The SMILES string of the molecule is COc1cc(-c2cc(C)c3ccc(N4CCN(C)C4=O)cc3n2)ccc1O. The molecule has 6 heteroatoms. The molecule has 1 aliphatic rings. The van der Waals surface area contributed by atoms with Gasteiger partial charge in [-0.1, -0.05) is 6.07 Å². The second kappa shape index (κ2) is 6.46. The van der Waals surface area contributed by atoms with Crippen molar-refractivity contribution >= 4 is 22.6 Å². The Balaban J connectivity index is 1.81. The van der Waals surface area contributed by atoms with Crippen molar-refractivity contribution in [3.8, 4) is 22.8 Å². The van der Waals surface area contributed by atoms with Gasteiger partial charge in [0.15, 0.2) is 11.5 Å². The van der Waals surface area contributed by atoms with Crippen molar-refractivity contribution in [2.75, 3.05) is 32.1 Å². The number of nitrogens with zero attached hydrogens (tertiary/aromatic N) is 3. The van der Waals surface area contributed by atoms with E-state index in [4.69, 9.17) is 9.72 Å². The number of fused-ring (bicyclic) bond motifs is 1. The van der Waals surface area contributed by atoms with E-state index in [-0.39, 0.29) is 11.8 Å². The molecule has 1 fully saturated rings. The number of rotatable bonds is 3. The van der Waals surface area contributed by atoms with Crippen LogP contribution in [0.1, 0.15) is 5.56 Å². The van der Waals surface area contributed by atoms with Gasteiger partial charge >= 0.3 is 6.03 Å². The van der Waals surface area contributed by atoms with Crippen LogP contribution in [0.25, 0.3) is 22.2 Å². The van der Waals surface area contributed by atoms with Gasteiger partial charge in [0.1, 0.15) is 0 Å². The monoisotopic (exact) mass is 363 g/mol. The molecular formula is C21H21N3O3. The number of likely N-dealkylation sites (N-methyl/N-ethyl adjacent to an activating group) is 1. The zero-order valence-electron chi connectivity index (χ0n) is 15.6. The zero-order chi connectivity index (χ0) is 19.1. The Morgan fingerprint density at radius 1 is 1.11 bits per heavy atom. The highest BCUT2D eigenvalue weighted by Gasteiger charge is 2.26. The van der Waals surface area contributed by atoms with Crippen LogP contribution in [0, 0.1) is 6.92 Å². The molecule has 1 aliphatic heterocycles. The Hall–Kier alpha value is -3.28. The minimum atomic E-state index is 0.00509. The smallest absolute Gasteiger partial charge is 0.324 e. The highest BCUT2D eigenvalue weighted by atomic mass is 16.5. The van der Waals surface area contributed by atoms with E-state index in [9.17, 15) is 9.90 Å². The summed E-state index contributed by atoms with van der Waals surface area (Å²) in [7, 11) is 3.33. The number of amides is 2. The first kappa shape index (κ1) is 17.1. The van der Waals surface area contributed by atoms with E-state index in [0.717, 1.165) is 40.0 Å². The fourth-order valence-corrected chi connectivity index (χ4v) is 3.43. The number of aromatic hydroxyl groups is 1. The molecule has 27 heavy (non-hydrogen) atoms. The summed E-state index contributed by atoms with van der Waals surface area (Å²) in [5, 5.41) is 10.9. The van der Waals surface area contributed by atoms with Crippen LogP contribution in [0.15, 0.2) is 42.5 Å². The standard InChI is InChI=1S/C21H21N3O3/c1-13-10-17(14-4-7-19(25)20(11-14)27-3)22-18-12-15(5-6-16(13)18)24-9-8-23(2)21(24)26/h4-7,10-12,25H,8-9H2,1-3H3. The summed E-state index contributed by atoms with van der Waals surface area (Å²) in [6.45, 7) is 3.44. The van der Waals surface area contributed by atoms with Crippen LogP contribution < -0.4 is 9.64 Å². The van der Waals surface area contributed by atoms with Crippen LogP contribution >= 0.6 is 0 Å². The lowest BCUT2D eigenvalue weighted by molar-refractivity contribution is 0.229. The summed E-state index contributed by atoms with van der Waals surface area (Å²) in [5.41, 5.74) is 4.43. The molecule has 0 radical (unpaired) electrons. The number of anilines is 1. The Bertz CT molecular complexity index is 1050. The summed E-state index contributed by atoms with van der Waals surface area (Å²) in [6.07, 6.45) is 0. The van der Waals surface area contributed by atoms with Crippen molar-refractivity contribution in [1.29, 1.82) is 0 Å². The lowest BCUT2D eigenvalue weighted by Crippen LogP contribution is -2.29. The topological polar surface area (TPSA) is 65.9 Å². The van der Waals surface area contributed by atoms with Crippen LogP contribution in [-0.2, 0) is 0 Å². The first-order chi connectivity index (χ1) is 13.0. The average molecular weight is 363 g/mol. The maximum absolute atomic E-state index is 12.3. The summed E-state index contributed by atoms with van der Waals surface area (Å²) < 4.78 is 5.21. The predicted molar refractivity (Wildman–Crippen MR) is 106 cm³/mol. The molecule has 2 aromatic carbocycles. The summed E-state index contributed by atoms with van der Waals surface area (Å²) in [5.74, 6) is 0.504. The number of phenols is 1. The van der Waals surface area contributed by atoms with Gasteiger partial charge in [0.2, 0.25) is 0 Å². The number of ether oxygens (including phenoxy) is 1. The normalized spacial score (nSPS) is 14.3. The van der Waals surface area contributed by atoms with E-state index >= 15 is 0 Å². The fourth-order valence-electron chi connectivity index (χ4n) is 3.43. The van der Waals surface area contributed by atoms with E-state index in [1.54, 1.807) is 21.9 Å². The lowest BCUT2D eigenvalue weighted by Gasteiger charge is -2.17. The van der Waals surface area contributed by atoms with Gasteiger partial charge in [-0.2, -0.15) is 0 Å². The summed E-state index contributed by atoms with van der Waals surface area (Å²) >= 11 is 0. The third-order valence-electron chi connectivity index (χ3n) is 5.00. The van der Waals surface area contributed by atoms with Gasteiger partial charge in [0.25, 0.3) is 0 Å². The minimum absolute atomic E-state index is 0.00509. The molecule has 0 bridgehead atoms. The second-order valence-electron chi connectivity index (χ2n) is 6.77. The molecule has 0 atom stereocenters. The molecule has 3 aromatic rings. The number of hydrogen-bond donors (Lipinski definition) is 1. The number of carbonyl (C=O) groups excluding carboxylic acids is 1. The van der Waals surface area contributed by atoms with Crippen molar-refractivity contribution < 1.29 is 14.6 Å². The molecule has 0 spiro atoms. The van der Waals surface area contributed by atoms with Gasteiger partial charge in [-0.25, -0.2) is 9.78 Å². The van der Waals surface area contributed by atoms with Crippen LogP contribution in [0.4, 0.5) is 10.5 Å². The van der Waals surface area contributed by atoms with Gasteiger partial charge in [-0.3, -0.25) is 4.90 Å². The Morgan fingerprint density at radius 2 is 1.93 bits per heavy atom. The molecule has 1 aromatic heterocycles. The highest BCUT2D eigenvalue weighted by molar-refractivity contribution is 5.97. The summed E-state index contributed by atoms with van der Waals surface area (Å²) in [6, 6.07) is 13.1. The number of aryl methyl sites for hydroxylation is 1.